The van der Waals surface area contributed by atoms with Crippen LogP contribution in [0, 0.1) is 0 Å². The molecule has 5 nitrogen and oxygen atoms in total. The van der Waals surface area contributed by atoms with E-state index >= 15 is 0 Å². The van der Waals surface area contributed by atoms with E-state index < -0.39 is 10.8 Å². The fraction of sp³-hybridized carbons (Fsp3) is 1.00. The maximum Gasteiger partial charge on any atom is 0.0739 e. The SMILES string of the molecule is COC1CCC(S(=O)C2CCC(OC)CC2OC)C(OC)C1. The topological polar surface area (TPSA) is 54.0 Å². The molecule has 0 amide bonds. The van der Waals surface area contributed by atoms with Crippen LogP contribution in [0.15, 0.2) is 0 Å². The Morgan fingerprint density at radius 3 is 1.41 bits per heavy atom. The normalized spacial score (nSPS) is 41.3. The quantitative estimate of drug-likeness (QED) is 0.742. The molecule has 2 aliphatic rings. The highest BCUT2D eigenvalue weighted by Crippen LogP contribution is 2.34. The van der Waals surface area contributed by atoms with Crippen molar-refractivity contribution < 1.29 is 23.2 Å². The lowest BCUT2D eigenvalue weighted by Crippen LogP contribution is -2.48. The maximum atomic E-state index is 13.2. The average Bonchev–Trinajstić information content (AvgIpc) is 2.59. The summed E-state index contributed by atoms with van der Waals surface area (Å²) in [4.78, 5) is 0. The summed E-state index contributed by atoms with van der Waals surface area (Å²) in [6.45, 7) is 0. The summed E-state index contributed by atoms with van der Waals surface area (Å²) in [7, 11) is 5.95. The molecular weight excluding hydrogens is 304 g/mol. The van der Waals surface area contributed by atoms with Crippen LogP contribution in [0.25, 0.3) is 0 Å². The van der Waals surface area contributed by atoms with Gasteiger partial charge in [-0.05, 0) is 25.7 Å². The second kappa shape index (κ2) is 8.73. The minimum atomic E-state index is -0.948. The summed E-state index contributed by atoms with van der Waals surface area (Å²) in [5.41, 5.74) is 0. The smallest absolute Gasteiger partial charge is 0.0739 e. The van der Waals surface area contributed by atoms with Crippen molar-refractivity contribution in [2.75, 3.05) is 28.4 Å². The molecule has 0 radical (unpaired) electrons. The van der Waals surface area contributed by atoms with Crippen LogP contribution in [0.5, 0.6) is 0 Å². The molecule has 2 rings (SSSR count). The summed E-state index contributed by atoms with van der Waals surface area (Å²) in [6, 6.07) is 0. The van der Waals surface area contributed by atoms with Gasteiger partial charge in [-0.25, -0.2) is 0 Å². The zero-order valence-electron chi connectivity index (χ0n) is 14.2. The van der Waals surface area contributed by atoms with Crippen molar-refractivity contribution in [3.05, 3.63) is 0 Å². The van der Waals surface area contributed by atoms with Crippen LogP contribution in [0.1, 0.15) is 38.5 Å². The van der Waals surface area contributed by atoms with E-state index in [1.807, 2.05) is 0 Å². The third-order valence-corrected chi connectivity index (χ3v) is 7.51. The molecule has 0 heterocycles. The van der Waals surface area contributed by atoms with Crippen molar-refractivity contribution >= 4 is 10.8 Å². The second-order valence-electron chi connectivity index (χ2n) is 6.30. The van der Waals surface area contributed by atoms with Crippen molar-refractivity contribution in [2.45, 2.75) is 73.4 Å². The Hall–Kier alpha value is -0.0100. The predicted molar refractivity (Wildman–Crippen MR) is 86.6 cm³/mol. The largest absolute Gasteiger partial charge is 0.381 e. The van der Waals surface area contributed by atoms with Crippen LogP contribution in [-0.2, 0) is 29.7 Å². The van der Waals surface area contributed by atoms with Gasteiger partial charge in [0.2, 0.25) is 0 Å². The fourth-order valence-electron chi connectivity index (χ4n) is 3.81. The third-order valence-electron chi connectivity index (χ3n) is 5.24. The van der Waals surface area contributed by atoms with Crippen molar-refractivity contribution in [1.29, 1.82) is 0 Å². The van der Waals surface area contributed by atoms with E-state index in [2.05, 4.69) is 0 Å². The van der Waals surface area contributed by atoms with Crippen molar-refractivity contribution in [1.82, 2.24) is 0 Å². The first-order valence-electron chi connectivity index (χ1n) is 8.15. The lowest BCUT2D eigenvalue weighted by molar-refractivity contribution is -0.0121. The van der Waals surface area contributed by atoms with Gasteiger partial charge in [-0.1, -0.05) is 0 Å². The zero-order valence-corrected chi connectivity index (χ0v) is 15.0. The molecule has 0 aromatic carbocycles. The summed E-state index contributed by atoms with van der Waals surface area (Å²) >= 11 is 0. The number of hydrogen-bond donors (Lipinski definition) is 0. The summed E-state index contributed by atoms with van der Waals surface area (Å²) in [6.07, 6.45) is 5.82. The van der Waals surface area contributed by atoms with Crippen molar-refractivity contribution in [2.24, 2.45) is 0 Å². The zero-order chi connectivity index (χ0) is 16.1. The summed E-state index contributed by atoms with van der Waals surface area (Å²) in [5, 5.41) is 0.163. The monoisotopic (exact) mass is 334 g/mol. The molecule has 0 aromatic rings. The van der Waals surface area contributed by atoms with Gasteiger partial charge in [-0.15, -0.1) is 0 Å². The second-order valence-corrected chi connectivity index (χ2v) is 8.16. The van der Waals surface area contributed by atoms with E-state index in [1.165, 1.54) is 0 Å². The lowest BCUT2D eigenvalue weighted by atomic mass is 9.93. The highest BCUT2D eigenvalue weighted by atomic mass is 32.2. The van der Waals surface area contributed by atoms with Crippen LogP contribution in [0.2, 0.25) is 0 Å². The molecule has 0 aromatic heterocycles. The predicted octanol–water partition coefficient (Wildman–Crippen LogP) is 1.90. The van der Waals surface area contributed by atoms with Crippen LogP contribution in [-0.4, -0.2) is 67.6 Å². The Kier molecular flexibility index (Phi) is 7.28. The molecule has 0 saturated heterocycles. The van der Waals surface area contributed by atoms with E-state index in [-0.39, 0.29) is 34.9 Å². The highest BCUT2D eigenvalue weighted by Gasteiger charge is 2.42. The molecule has 6 unspecified atom stereocenters. The Labute approximate surface area is 136 Å². The van der Waals surface area contributed by atoms with E-state index in [1.54, 1.807) is 28.4 Å². The average molecular weight is 334 g/mol. The first-order chi connectivity index (χ1) is 10.6. The maximum absolute atomic E-state index is 13.2. The first-order valence-corrected chi connectivity index (χ1v) is 9.42. The molecule has 0 spiro atoms. The lowest BCUT2D eigenvalue weighted by Gasteiger charge is -2.39. The number of rotatable bonds is 6. The first kappa shape index (κ1) is 18.3. The van der Waals surface area contributed by atoms with Gasteiger partial charge in [0.1, 0.15) is 0 Å². The van der Waals surface area contributed by atoms with Crippen molar-refractivity contribution in [3.63, 3.8) is 0 Å². The Bertz CT molecular complexity index is 332. The Balaban J connectivity index is 2.03. The van der Waals surface area contributed by atoms with Gasteiger partial charge in [-0.2, -0.15) is 0 Å². The standard InChI is InChI=1S/C16H30O5S/c1-18-11-5-7-15(13(9-11)20-3)22(17)16-8-6-12(19-2)10-14(16)21-4/h11-16H,5-10H2,1-4H3. The fourth-order valence-corrected chi connectivity index (χ4v) is 6.04. The van der Waals surface area contributed by atoms with Crippen LogP contribution < -0.4 is 0 Å². The van der Waals surface area contributed by atoms with Gasteiger partial charge in [0, 0.05) is 52.1 Å². The molecule has 2 aliphatic carbocycles. The van der Waals surface area contributed by atoms with Crippen molar-refractivity contribution in [3.8, 4) is 0 Å². The van der Waals surface area contributed by atoms with E-state index in [4.69, 9.17) is 18.9 Å². The molecule has 0 bridgehead atoms. The van der Waals surface area contributed by atoms with Gasteiger partial charge in [0.15, 0.2) is 0 Å². The minimum Gasteiger partial charge on any atom is -0.381 e. The van der Waals surface area contributed by atoms with Gasteiger partial charge in [0.05, 0.1) is 34.9 Å². The number of methoxy groups -OCH3 is 4. The molecule has 2 saturated carbocycles. The van der Waals surface area contributed by atoms with Gasteiger partial charge in [0.25, 0.3) is 0 Å². The molecule has 22 heavy (non-hydrogen) atoms. The molecule has 2 fully saturated rings. The van der Waals surface area contributed by atoms with E-state index in [0.29, 0.717) is 0 Å². The minimum absolute atomic E-state index is 0.0113. The number of hydrogen-bond acceptors (Lipinski definition) is 5. The Morgan fingerprint density at radius 1 is 0.682 bits per heavy atom. The Morgan fingerprint density at radius 2 is 1.09 bits per heavy atom. The molecule has 0 N–H and O–H groups in total. The van der Waals surface area contributed by atoms with Crippen LogP contribution >= 0.6 is 0 Å². The van der Waals surface area contributed by atoms with Gasteiger partial charge < -0.3 is 18.9 Å². The van der Waals surface area contributed by atoms with E-state index in [0.717, 1.165) is 38.5 Å². The molecule has 6 heteroatoms. The van der Waals surface area contributed by atoms with Crippen LogP contribution in [0.3, 0.4) is 0 Å². The number of ether oxygens (including phenoxy) is 4. The molecular formula is C16H30O5S. The molecule has 6 atom stereocenters. The summed E-state index contributed by atoms with van der Waals surface area (Å²) in [5.74, 6) is 0. The van der Waals surface area contributed by atoms with Gasteiger partial charge >= 0.3 is 0 Å². The molecule has 0 aliphatic heterocycles. The van der Waals surface area contributed by atoms with Crippen LogP contribution in [0.4, 0.5) is 0 Å². The molecule has 130 valence electrons. The highest BCUT2D eigenvalue weighted by molar-refractivity contribution is 7.86. The summed E-state index contributed by atoms with van der Waals surface area (Å²) < 4.78 is 35.3. The van der Waals surface area contributed by atoms with Gasteiger partial charge in [-0.3, -0.25) is 4.21 Å². The third kappa shape index (κ3) is 4.09. The van der Waals surface area contributed by atoms with E-state index in [9.17, 15) is 4.21 Å².